The second kappa shape index (κ2) is 5.36. The summed E-state index contributed by atoms with van der Waals surface area (Å²) in [6, 6.07) is 0. The first-order chi connectivity index (χ1) is 6.41. The number of hydrogen-bond donors (Lipinski definition) is 4. The molecule has 0 aliphatic carbocycles. The lowest BCUT2D eigenvalue weighted by molar-refractivity contribution is -0.147. The van der Waals surface area contributed by atoms with Gasteiger partial charge in [-0.05, 0) is 6.42 Å². The Morgan fingerprint density at radius 1 is 1.29 bits per heavy atom. The van der Waals surface area contributed by atoms with Gasteiger partial charge in [-0.3, -0.25) is 4.79 Å². The van der Waals surface area contributed by atoms with Gasteiger partial charge in [-0.15, -0.1) is 0 Å². The third kappa shape index (κ3) is 3.15. The molecule has 0 saturated carbocycles. The maximum atomic E-state index is 10.6. The Balaban J connectivity index is 4.68. The van der Waals surface area contributed by atoms with Crippen LogP contribution in [-0.4, -0.2) is 45.1 Å². The fourth-order valence-electron chi connectivity index (χ4n) is 0.978. The largest absolute Gasteiger partial charge is 0.481 e. The number of carbonyl (C=O) groups is 2. The Bertz CT molecular complexity index is 246. The second-order valence-electron chi connectivity index (χ2n) is 2.73. The third-order valence-corrected chi connectivity index (χ3v) is 1.73. The summed E-state index contributed by atoms with van der Waals surface area (Å²) >= 11 is 0. The summed E-state index contributed by atoms with van der Waals surface area (Å²) in [5.41, 5.74) is -0.599. The summed E-state index contributed by atoms with van der Waals surface area (Å²) in [6.45, 7) is 2.64. The van der Waals surface area contributed by atoms with Crippen molar-refractivity contribution in [2.24, 2.45) is 5.92 Å². The topological polar surface area (TPSA) is 115 Å². The predicted molar refractivity (Wildman–Crippen MR) is 45.6 cm³/mol. The van der Waals surface area contributed by atoms with Crippen LogP contribution in [0.5, 0.6) is 0 Å². The first kappa shape index (κ1) is 12.6. The molecule has 4 N–H and O–H groups in total. The molecule has 2 unspecified atom stereocenters. The van der Waals surface area contributed by atoms with Crippen LogP contribution in [0.1, 0.15) is 6.42 Å². The number of aliphatic hydroxyl groups excluding tert-OH is 2. The maximum Gasteiger partial charge on any atom is 0.331 e. The molecule has 0 heterocycles. The van der Waals surface area contributed by atoms with E-state index in [0.717, 1.165) is 0 Å². The highest BCUT2D eigenvalue weighted by Gasteiger charge is 2.32. The minimum Gasteiger partial charge on any atom is -0.481 e. The van der Waals surface area contributed by atoms with Crippen molar-refractivity contribution in [2.45, 2.75) is 12.5 Å². The average Bonchev–Trinajstić information content (AvgIpc) is 2.03. The molecule has 80 valence electrons. The zero-order valence-corrected chi connectivity index (χ0v) is 7.38. The minimum absolute atomic E-state index is 0.205. The first-order valence-electron chi connectivity index (χ1n) is 3.85. The van der Waals surface area contributed by atoms with E-state index in [1.165, 1.54) is 0 Å². The second-order valence-corrected chi connectivity index (χ2v) is 2.73. The highest BCUT2D eigenvalue weighted by Crippen LogP contribution is 2.17. The van der Waals surface area contributed by atoms with E-state index >= 15 is 0 Å². The molecule has 0 amide bonds. The Hall–Kier alpha value is -1.40. The van der Waals surface area contributed by atoms with Crippen LogP contribution >= 0.6 is 0 Å². The molecule has 2 atom stereocenters. The number of hydrogen-bond acceptors (Lipinski definition) is 4. The van der Waals surface area contributed by atoms with E-state index < -0.39 is 36.1 Å². The zero-order chi connectivity index (χ0) is 11.3. The zero-order valence-electron chi connectivity index (χ0n) is 7.38. The van der Waals surface area contributed by atoms with E-state index in [9.17, 15) is 14.7 Å². The number of aliphatic carboxylic acids is 2. The standard InChI is InChI=1S/C8H12O6/c1-4(7(11)12)6(8(13)14)5(10)2-3-9/h5-6,9-10H,1-3H2,(H,11,12)(H,13,14). The quantitative estimate of drug-likeness (QED) is 0.415. The SMILES string of the molecule is C=C(C(=O)O)C(C(=O)O)C(O)CCO. The van der Waals surface area contributed by atoms with Crippen LogP contribution in [0.3, 0.4) is 0 Å². The van der Waals surface area contributed by atoms with E-state index in [2.05, 4.69) is 6.58 Å². The van der Waals surface area contributed by atoms with Crippen molar-refractivity contribution in [1.82, 2.24) is 0 Å². The van der Waals surface area contributed by atoms with E-state index in [0.29, 0.717) is 0 Å². The molecular weight excluding hydrogens is 192 g/mol. The van der Waals surface area contributed by atoms with Crippen LogP contribution in [0.25, 0.3) is 0 Å². The predicted octanol–water partition coefficient (Wildman–Crippen LogP) is -0.929. The lowest BCUT2D eigenvalue weighted by Crippen LogP contribution is -2.32. The van der Waals surface area contributed by atoms with Crippen molar-refractivity contribution in [1.29, 1.82) is 0 Å². The van der Waals surface area contributed by atoms with Gasteiger partial charge < -0.3 is 20.4 Å². The fraction of sp³-hybridized carbons (Fsp3) is 0.500. The van der Waals surface area contributed by atoms with E-state index in [1.807, 2.05) is 0 Å². The molecule has 0 aromatic heterocycles. The molecule has 0 saturated heterocycles. The Morgan fingerprint density at radius 3 is 2.07 bits per heavy atom. The summed E-state index contributed by atoms with van der Waals surface area (Å²) in [6.07, 6.45) is -1.65. The normalized spacial score (nSPS) is 14.4. The summed E-state index contributed by atoms with van der Waals surface area (Å²) in [7, 11) is 0. The average molecular weight is 204 g/mol. The van der Waals surface area contributed by atoms with Gasteiger partial charge >= 0.3 is 11.9 Å². The maximum absolute atomic E-state index is 10.6. The van der Waals surface area contributed by atoms with Crippen molar-refractivity contribution >= 4 is 11.9 Å². The van der Waals surface area contributed by atoms with Crippen LogP contribution in [0, 0.1) is 5.92 Å². The smallest absolute Gasteiger partial charge is 0.331 e. The minimum atomic E-state index is -1.58. The van der Waals surface area contributed by atoms with Gasteiger partial charge in [-0.2, -0.15) is 0 Å². The van der Waals surface area contributed by atoms with Crippen LogP contribution < -0.4 is 0 Å². The van der Waals surface area contributed by atoms with Crippen molar-refractivity contribution in [2.75, 3.05) is 6.61 Å². The Morgan fingerprint density at radius 2 is 1.79 bits per heavy atom. The highest BCUT2D eigenvalue weighted by molar-refractivity contribution is 5.93. The lowest BCUT2D eigenvalue weighted by Gasteiger charge is -2.17. The molecular formula is C8H12O6. The molecule has 0 fully saturated rings. The number of carboxylic acids is 2. The van der Waals surface area contributed by atoms with Gasteiger partial charge in [0, 0.05) is 12.2 Å². The molecule has 0 rings (SSSR count). The van der Waals surface area contributed by atoms with Gasteiger partial charge in [0.2, 0.25) is 0 Å². The highest BCUT2D eigenvalue weighted by atomic mass is 16.4. The van der Waals surface area contributed by atoms with E-state index in [-0.39, 0.29) is 6.42 Å². The Kier molecular flexibility index (Phi) is 4.82. The molecule has 0 spiro atoms. The molecule has 0 aliphatic heterocycles. The van der Waals surface area contributed by atoms with Gasteiger partial charge in [0.15, 0.2) is 0 Å². The van der Waals surface area contributed by atoms with E-state index in [1.54, 1.807) is 0 Å². The summed E-state index contributed by atoms with van der Waals surface area (Å²) in [4.78, 5) is 21.0. The molecule has 0 aliphatic rings. The molecule has 6 heteroatoms. The summed E-state index contributed by atoms with van der Waals surface area (Å²) in [5.74, 6) is -4.53. The van der Waals surface area contributed by atoms with Gasteiger partial charge in [0.25, 0.3) is 0 Å². The van der Waals surface area contributed by atoms with Crippen molar-refractivity contribution < 1.29 is 30.0 Å². The number of rotatable bonds is 6. The van der Waals surface area contributed by atoms with Gasteiger partial charge in [-0.1, -0.05) is 6.58 Å². The molecule has 14 heavy (non-hydrogen) atoms. The monoisotopic (exact) mass is 204 g/mol. The fourth-order valence-corrected chi connectivity index (χ4v) is 0.978. The van der Waals surface area contributed by atoms with Crippen molar-refractivity contribution in [3.8, 4) is 0 Å². The van der Waals surface area contributed by atoms with Crippen LogP contribution in [-0.2, 0) is 9.59 Å². The van der Waals surface area contributed by atoms with Crippen LogP contribution in [0.2, 0.25) is 0 Å². The summed E-state index contributed by atoms with van der Waals surface area (Å²) in [5, 5.41) is 34.8. The molecule has 0 radical (unpaired) electrons. The Labute approximate surface area is 80.1 Å². The van der Waals surface area contributed by atoms with Crippen LogP contribution in [0.4, 0.5) is 0 Å². The van der Waals surface area contributed by atoms with Crippen molar-refractivity contribution in [3.05, 3.63) is 12.2 Å². The summed E-state index contributed by atoms with van der Waals surface area (Å²) < 4.78 is 0. The third-order valence-electron chi connectivity index (χ3n) is 1.73. The van der Waals surface area contributed by atoms with Crippen LogP contribution in [0.15, 0.2) is 12.2 Å². The number of aliphatic hydroxyl groups is 2. The first-order valence-corrected chi connectivity index (χ1v) is 3.85. The van der Waals surface area contributed by atoms with E-state index in [4.69, 9.17) is 15.3 Å². The molecule has 0 aromatic carbocycles. The van der Waals surface area contributed by atoms with Gasteiger partial charge in [0.1, 0.15) is 5.92 Å². The van der Waals surface area contributed by atoms with Gasteiger partial charge in [0.05, 0.1) is 6.10 Å². The van der Waals surface area contributed by atoms with Crippen molar-refractivity contribution in [3.63, 3.8) is 0 Å². The molecule has 0 aromatic rings. The lowest BCUT2D eigenvalue weighted by atomic mass is 9.92. The molecule has 0 bridgehead atoms. The number of carboxylic acid groups (broad SMARTS) is 2. The molecule has 6 nitrogen and oxygen atoms in total. The van der Waals surface area contributed by atoms with Gasteiger partial charge in [-0.25, -0.2) is 4.79 Å².